The van der Waals surface area contributed by atoms with Gasteiger partial charge in [0.15, 0.2) is 0 Å². The van der Waals surface area contributed by atoms with Gasteiger partial charge in [0.05, 0.1) is 0 Å². The van der Waals surface area contributed by atoms with Gasteiger partial charge < -0.3 is 5.32 Å². The molecule has 0 aliphatic carbocycles. The van der Waals surface area contributed by atoms with Crippen molar-refractivity contribution in [1.82, 2.24) is 0 Å². The molecule has 86 valence electrons. The van der Waals surface area contributed by atoms with E-state index in [1.807, 2.05) is 0 Å². The number of hydrogen-bond acceptors (Lipinski definition) is 1. The number of rotatable bonds is 2. The van der Waals surface area contributed by atoms with E-state index in [0.717, 1.165) is 5.56 Å². The lowest BCUT2D eigenvalue weighted by Gasteiger charge is -2.20. The molecule has 1 amide bonds. The molecule has 1 N–H and O–H groups in total. The van der Waals surface area contributed by atoms with Gasteiger partial charge in [0.1, 0.15) is 0 Å². The first-order valence-corrected chi connectivity index (χ1v) is 5.34. The van der Waals surface area contributed by atoms with Crippen LogP contribution >= 0.6 is 0 Å². The van der Waals surface area contributed by atoms with Crippen LogP contribution in [-0.4, -0.2) is 5.91 Å². The molecule has 2 nitrogen and oxygen atoms in total. The van der Waals surface area contributed by atoms with Crippen molar-refractivity contribution >= 4 is 11.6 Å². The highest BCUT2D eigenvalue weighted by Crippen LogP contribution is 2.34. The molecule has 1 aromatic carbocycles. The summed E-state index contributed by atoms with van der Waals surface area (Å²) in [5.41, 5.74) is 1.49. The lowest BCUT2D eigenvalue weighted by molar-refractivity contribution is -0.116. The highest BCUT2D eigenvalue weighted by molar-refractivity contribution is 5.93. The summed E-state index contributed by atoms with van der Waals surface area (Å²) < 4.78 is 26.9. The zero-order chi connectivity index (χ0) is 11.8. The number of anilines is 1. The van der Waals surface area contributed by atoms with Crippen molar-refractivity contribution in [3.63, 3.8) is 0 Å². The second-order valence-electron chi connectivity index (χ2n) is 3.98. The van der Waals surface area contributed by atoms with Crippen molar-refractivity contribution in [3.8, 4) is 0 Å². The average Bonchev–Trinajstić information content (AvgIpc) is 2.28. The van der Waals surface area contributed by atoms with Crippen LogP contribution in [0.4, 0.5) is 14.5 Å². The van der Waals surface area contributed by atoms with E-state index in [1.54, 1.807) is 6.07 Å². The van der Waals surface area contributed by atoms with Crippen LogP contribution in [0.25, 0.3) is 0 Å². The Morgan fingerprint density at radius 1 is 1.38 bits per heavy atom. The summed E-state index contributed by atoms with van der Waals surface area (Å²) in [5, 5.41) is 2.67. The predicted molar refractivity (Wildman–Crippen MR) is 57.6 cm³/mol. The minimum Gasteiger partial charge on any atom is -0.326 e. The zero-order valence-electron chi connectivity index (χ0n) is 9.02. The van der Waals surface area contributed by atoms with Gasteiger partial charge in [-0.2, -0.15) is 0 Å². The third-order valence-electron chi connectivity index (χ3n) is 2.87. The fraction of sp³-hybridized carbons (Fsp3) is 0.417. The molecular weight excluding hydrogens is 212 g/mol. The van der Waals surface area contributed by atoms with Crippen LogP contribution < -0.4 is 5.32 Å². The zero-order valence-corrected chi connectivity index (χ0v) is 9.02. The third-order valence-corrected chi connectivity index (χ3v) is 2.87. The van der Waals surface area contributed by atoms with E-state index < -0.39 is 5.92 Å². The second-order valence-corrected chi connectivity index (χ2v) is 3.98. The van der Waals surface area contributed by atoms with Crippen molar-refractivity contribution < 1.29 is 13.6 Å². The number of aryl methyl sites for hydroxylation is 1. The van der Waals surface area contributed by atoms with Gasteiger partial charge in [-0.15, -0.1) is 0 Å². The molecule has 0 bridgehead atoms. The van der Waals surface area contributed by atoms with E-state index in [2.05, 4.69) is 5.32 Å². The van der Waals surface area contributed by atoms with Crippen molar-refractivity contribution in [2.45, 2.75) is 32.1 Å². The Morgan fingerprint density at radius 3 is 2.81 bits per heavy atom. The monoisotopic (exact) mass is 225 g/mol. The van der Waals surface area contributed by atoms with E-state index in [-0.39, 0.29) is 17.9 Å². The number of hydrogen-bond donors (Lipinski definition) is 1. The first-order chi connectivity index (χ1) is 7.53. The largest absolute Gasteiger partial charge is 0.326 e. The Kier molecular flexibility index (Phi) is 2.66. The first-order valence-electron chi connectivity index (χ1n) is 5.34. The first kappa shape index (κ1) is 11.0. The Balaban J connectivity index is 2.36. The maximum atomic E-state index is 13.4. The van der Waals surface area contributed by atoms with E-state index >= 15 is 0 Å². The average molecular weight is 225 g/mol. The number of carbonyl (C=O) groups is 1. The van der Waals surface area contributed by atoms with E-state index in [1.165, 1.54) is 19.1 Å². The topological polar surface area (TPSA) is 29.1 Å². The molecule has 0 atom stereocenters. The van der Waals surface area contributed by atoms with Crippen LogP contribution in [0.3, 0.4) is 0 Å². The van der Waals surface area contributed by atoms with E-state index in [9.17, 15) is 13.6 Å². The Bertz CT molecular complexity index is 429. The maximum Gasteiger partial charge on any atom is 0.273 e. The summed E-state index contributed by atoms with van der Waals surface area (Å²) in [4.78, 5) is 11.1. The highest BCUT2D eigenvalue weighted by Gasteiger charge is 2.30. The number of amides is 1. The molecule has 0 aromatic heterocycles. The lowest BCUT2D eigenvalue weighted by atomic mass is 9.97. The van der Waals surface area contributed by atoms with E-state index in [4.69, 9.17) is 0 Å². The van der Waals surface area contributed by atoms with Gasteiger partial charge in [-0.1, -0.05) is 13.0 Å². The number of halogens is 2. The summed E-state index contributed by atoms with van der Waals surface area (Å²) in [6.45, 7) is 1.46. The van der Waals surface area contributed by atoms with Gasteiger partial charge in [0, 0.05) is 24.1 Å². The summed E-state index contributed by atoms with van der Waals surface area (Å²) in [6, 6.07) is 4.44. The number of alkyl halides is 2. The Morgan fingerprint density at radius 2 is 2.12 bits per heavy atom. The van der Waals surface area contributed by atoms with Gasteiger partial charge in [-0.25, -0.2) is 8.78 Å². The fourth-order valence-corrected chi connectivity index (χ4v) is 1.82. The Hall–Kier alpha value is -1.45. The molecule has 0 saturated carbocycles. The maximum absolute atomic E-state index is 13.4. The SMILES string of the molecule is CCC(F)(F)c1ccc2c(c1)CCC(=O)N2. The summed E-state index contributed by atoms with van der Waals surface area (Å²) in [6.07, 6.45) is 0.696. The van der Waals surface area contributed by atoms with Crippen LogP contribution in [0.5, 0.6) is 0 Å². The molecule has 0 spiro atoms. The number of benzene rings is 1. The molecule has 0 radical (unpaired) electrons. The molecule has 1 aliphatic rings. The predicted octanol–water partition coefficient (Wildman–Crippen LogP) is 3.07. The van der Waals surface area contributed by atoms with Gasteiger partial charge in [-0.05, 0) is 24.1 Å². The van der Waals surface area contributed by atoms with Gasteiger partial charge in [0.2, 0.25) is 5.91 Å². The van der Waals surface area contributed by atoms with Crippen LogP contribution in [0.15, 0.2) is 18.2 Å². The van der Waals surface area contributed by atoms with Crippen LogP contribution in [-0.2, 0) is 17.1 Å². The minimum atomic E-state index is -2.78. The molecule has 1 heterocycles. The minimum absolute atomic E-state index is 0.0323. The third kappa shape index (κ3) is 1.92. The molecule has 1 aliphatic heterocycles. The molecule has 0 saturated heterocycles. The van der Waals surface area contributed by atoms with Crippen LogP contribution in [0, 0.1) is 0 Å². The standard InChI is InChI=1S/C12H13F2NO/c1-2-12(13,14)9-4-5-10-8(7-9)3-6-11(16)15-10/h4-5,7H,2-3,6H2,1H3,(H,15,16). The smallest absolute Gasteiger partial charge is 0.273 e. The molecule has 1 aromatic rings. The van der Waals surface area contributed by atoms with Gasteiger partial charge in [0.25, 0.3) is 5.92 Å². The highest BCUT2D eigenvalue weighted by atomic mass is 19.3. The van der Waals surface area contributed by atoms with E-state index in [0.29, 0.717) is 18.5 Å². The summed E-state index contributed by atoms with van der Waals surface area (Å²) in [5.74, 6) is -2.83. The summed E-state index contributed by atoms with van der Waals surface area (Å²) >= 11 is 0. The molecule has 2 rings (SSSR count). The number of nitrogens with one attached hydrogen (secondary N) is 1. The normalized spacial score (nSPS) is 15.6. The van der Waals surface area contributed by atoms with Gasteiger partial charge >= 0.3 is 0 Å². The number of fused-ring (bicyclic) bond motifs is 1. The van der Waals surface area contributed by atoms with Crippen molar-refractivity contribution in [1.29, 1.82) is 0 Å². The summed E-state index contributed by atoms with van der Waals surface area (Å²) in [7, 11) is 0. The molecule has 0 fully saturated rings. The molecule has 4 heteroatoms. The quantitative estimate of drug-likeness (QED) is 0.823. The second kappa shape index (κ2) is 3.85. The molecular formula is C12H13F2NO. The van der Waals surface area contributed by atoms with Crippen molar-refractivity contribution in [2.24, 2.45) is 0 Å². The molecule has 16 heavy (non-hydrogen) atoms. The Labute approximate surface area is 92.7 Å². The molecule has 0 unspecified atom stereocenters. The van der Waals surface area contributed by atoms with Crippen LogP contribution in [0.2, 0.25) is 0 Å². The fourth-order valence-electron chi connectivity index (χ4n) is 1.82. The van der Waals surface area contributed by atoms with Gasteiger partial charge in [-0.3, -0.25) is 4.79 Å². The van der Waals surface area contributed by atoms with Crippen LogP contribution in [0.1, 0.15) is 30.9 Å². The van der Waals surface area contributed by atoms with Crippen molar-refractivity contribution in [2.75, 3.05) is 5.32 Å². The van der Waals surface area contributed by atoms with Crippen molar-refractivity contribution in [3.05, 3.63) is 29.3 Å². The number of carbonyl (C=O) groups excluding carboxylic acids is 1. The lowest BCUT2D eigenvalue weighted by Crippen LogP contribution is -2.20.